The topological polar surface area (TPSA) is 65.0 Å². The van der Waals surface area contributed by atoms with Gasteiger partial charge in [0.05, 0.1) is 19.0 Å². The smallest absolute Gasteiger partial charge is 0.218 e. The molecule has 1 aromatic heterocycles. The van der Waals surface area contributed by atoms with Crippen LogP contribution in [0.25, 0.3) is 11.3 Å². The second kappa shape index (κ2) is 4.69. The third kappa shape index (κ3) is 2.28. The van der Waals surface area contributed by atoms with E-state index in [-0.39, 0.29) is 11.6 Å². The largest absolute Gasteiger partial charge is 0.496 e. The fourth-order valence-electron chi connectivity index (χ4n) is 1.44. The lowest BCUT2D eigenvalue weighted by atomic mass is 10.1. The summed E-state index contributed by atoms with van der Waals surface area (Å²) in [6.45, 7) is 1.41. The zero-order chi connectivity index (χ0) is 12.3. The summed E-state index contributed by atoms with van der Waals surface area (Å²) in [6.07, 6.45) is 1.50. The van der Waals surface area contributed by atoms with Crippen LogP contribution in [0.3, 0.4) is 0 Å². The van der Waals surface area contributed by atoms with E-state index in [0.717, 1.165) is 5.56 Å². The van der Waals surface area contributed by atoms with Gasteiger partial charge >= 0.3 is 0 Å². The molecule has 0 aliphatic carbocycles. The van der Waals surface area contributed by atoms with Crippen molar-refractivity contribution >= 4 is 5.78 Å². The number of methoxy groups -OCH3 is 1. The number of ketones is 1. The zero-order valence-corrected chi connectivity index (χ0v) is 9.54. The van der Waals surface area contributed by atoms with Crippen LogP contribution < -0.4 is 4.74 Å². The Kier molecular flexibility index (Phi) is 3.09. The fraction of sp³-hybridized carbons (Fsp3) is 0.167. The Hall–Kier alpha value is -2.30. The molecule has 0 saturated carbocycles. The molecule has 5 nitrogen and oxygen atoms in total. The number of hydrogen-bond acceptors (Lipinski definition) is 5. The van der Waals surface area contributed by atoms with Crippen molar-refractivity contribution in [3.05, 3.63) is 36.3 Å². The van der Waals surface area contributed by atoms with Crippen LogP contribution in [-0.2, 0) is 0 Å². The second-order valence-corrected chi connectivity index (χ2v) is 3.42. The minimum absolute atomic E-state index is 0.105. The van der Waals surface area contributed by atoms with Gasteiger partial charge in [-0.1, -0.05) is 12.1 Å². The number of ether oxygens (including phenoxy) is 1. The van der Waals surface area contributed by atoms with Crippen LogP contribution in [0.2, 0.25) is 0 Å². The summed E-state index contributed by atoms with van der Waals surface area (Å²) in [5.74, 6) is 0.574. The number of hydrogen-bond donors (Lipinski definition) is 0. The Bertz CT molecular complexity index is 555. The minimum atomic E-state index is -0.214. The average molecular weight is 229 g/mol. The molecule has 1 aromatic carbocycles. The second-order valence-electron chi connectivity index (χ2n) is 3.42. The highest BCUT2D eigenvalue weighted by molar-refractivity contribution is 5.90. The van der Waals surface area contributed by atoms with Crippen LogP contribution in [0.4, 0.5) is 0 Å². The maximum atomic E-state index is 11.2. The van der Waals surface area contributed by atoms with Crippen LogP contribution in [0.1, 0.15) is 17.5 Å². The van der Waals surface area contributed by atoms with Crippen molar-refractivity contribution < 1.29 is 9.53 Å². The number of benzene rings is 1. The van der Waals surface area contributed by atoms with E-state index in [1.54, 1.807) is 7.11 Å². The van der Waals surface area contributed by atoms with Gasteiger partial charge in [-0.05, 0) is 12.1 Å². The van der Waals surface area contributed by atoms with Crippen molar-refractivity contribution in [2.75, 3.05) is 7.11 Å². The number of carbonyl (C=O) groups excluding carboxylic acids is 1. The molecule has 0 aliphatic rings. The fourth-order valence-corrected chi connectivity index (χ4v) is 1.44. The first-order valence-electron chi connectivity index (χ1n) is 5.06. The van der Waals surface area contributed by atoms with Crippen molar-refractivity contribution in [3.63, 3.8) is 0 Å². The Labute approximate surface area is 98.5 Å². The lowest BCUT2D eigenvalue weighted by molar-refractivity contribution is 0.100. The zero-order valence-electron chi connectivity index (χ0n) is 9.54. The van der Waals surface area contributed by atoms with Gasteiger partial charge in [0.25, 0.3) is 0 Å². The minimum Gasteiger partial charge on any atom is -0.496 e. The molecule has 86 valence electrons. The SMILES string of the molecule is COc1ccccc1-c1cnnc(C(C)=O)n1. The van der Waals surface area contributed by atoms with Gasteiger partial charge in [-0.2, -0.15) is 5.10 Å². The van der Waals surface area contributed by atoms with E-state index >= 15 is 0 Å². The van der Waals surface area contributed by atoms with Crippen LogP contribution in [-0.4, -0.2) is 28.1 Å². The molecule has 1 heterocycles. The van der Waals surface area contributed by atoms with Gasteiger partial charge in [0.1, 0.15) is 5.75 Å². The van der Waals surface area contributed by atoms with Gasteiger partial charge in [-0.3, -0.25) is 4.79 Å². The first-order chi connectivity index (χ1) is 8.22. The van der Waals surface area contributed by atoms with E-state index in [1.165, 1.54) is 13.1 Å². The maximum absolute atomic E-state index is 11.2. The molecule has 0 bridgehead atoms. The Morgan fingerprint density at radius 2 is 2.06 bits per heavy atom. The summed E-state index contributed by atoms with van der Waals surface area (Å²) in [4.78, 5) is 15.3. The third-order valence-corrected chi connectivity index (χ3v) is 2.26. The number of nitrogens with zero attached hydrogens (tertiary/aromatic N) is 3. The van der Waals surface area contributed by atoms with Crippen molar-refractivity contribution in [3.8, 4) is 17.0 Å². The van der Waals surface area contributed by atoms with E-state index < -0.39 is 0 Å². The van der Waals surface area contributed by atoms with Gasteiger partial charge in [0.2, 0.25) is 5.82 Å². The quantitative estimate of drug-likeness (QED) is 0.750. The first kappa shape index (κ1) is 11.2. The summed E-state index contributed by atoms with van der Waals surface area (Å²) in [6, 6.07) is 7.41. The highest BCUT2D eigenvalue weighted by Gasteiger charge is 2.10. The lowest BCUT2D eigenvalue weighted by Gasteiger charge is -2.06. The summed E-state index contributed by atoms with van der Waals surface area (Å²) in [5, 5.41) is 7.44. The van der Waals surface area contributed by atoms with Crippen molar-refractivity contribution in [2.24, 2.45) is 0 Å². The predicted octanol–water partition coefficient (Wildman–Crippen LogP) is 1.75. The van der Waals surface area contributed by atoms with Crippen molar-refractivity contribution in [2.45, 2.75) is 6.92 Å². The van der Waals surface area contributed by atoms with E-state index in [9.17, 15) is 4.79 Å². The predicted molar refractivity (Wildman–Crippen MR) is 61.8 cm³/mol. The standard InChI is InChI=1S/C12H11N3O2/c1-8(16)12-14-10(7-13-15-12)9-5-3-4-6-11(9)17-2/h3-7H,1-2H3. The molecule has 0 N–H and O–H groups in total. The molecule has 0 amide bonds. The molecule has 0 aliphatic heterocycles. The van der Waals surface area contributed by atoms with E-state index in [2.05, 4.69) is 15.2 Å². The number of rotatable bonds is 3. The normalized spacial score (nSPS) is 10.0. The molecule has 0 atom stereocenters. The molecule has 2 rings (SSSR count). The van der Waals surface area contributed by atoms with Gasteiger partial charge in [0.15, 0.2) is 5.78 Å². The molecular formula is C12H11N3O2. The summed E-state index contributed by atoms with van der Waals surface area (Å²) in [7, 11) is 1.58. The molecule has 0 saturated heterocycles. The van der Waals surface area contributed by atoms with Gasteiger partial charge in [0, 0.05) is 12.5 Å². The van der Waals surface area contributed by atoms with Crippen molar-refractivity contribution in [1.29, 1.82) is 0 Å². The number of carbonyl (C=O) groups is 1. The van der Waals surface area contributed by atoms with E-state index in [1.807, 2.05) is 24.3 Å². The van der Waals surface area contributed by atoms with Crippen LogP contribution in [0, 0.1) is 0 Å². The number of Topliss-reactive ketones (excluding diaryl/α,β-unsaturated/α-hetero) is 1. The monoisotopic (exact) mass is 229 g/mol. The molecule has 0 spiro atoms. The van der Waals surface area contributed by atoms with E-state index in [4.69, 9.17) is 4.74 Å². The first-order valence-corrected chi connectivity index (χ1v) is 5.06. The van der Waals surface area contributed by atoms with Gasteiger partial charge in [-0.15, -0.1) is 5.10 Å². The Morgan fingerprint density at radius 1 is 1.29 bits per heavy atom. The third-order valence-electron chi connectivity index (χ3n) is 2.26. The Morgan fingerprint density at radius 3 is 2.76 bits per heavy atom. The maximum Gasteiger partial charge on any atom is 0.218 e. The highest BCUT2D eigenvalue weighted by atomic mass is 16.5. The summed E-state index contributed by atoms with van der Waals surface area (Å²) in [5.41, 5.74) is 1.36. The highest BCUT2D eigenvalue weighted by Crippen LogP contribution is 2.27. The molecule has 0 unspecified atom stereocenters. The number of aromatic nitrogens is 3. The molecule has 0 radical (unpaired) electrons. The van der Waals surface area contributed by atoms with Gasteiger partial charge < -0.3 is 4.74 Å². The number of para-hydroxylation sites is 1. The molecule has 17 heavy (non-hydrogen) atoms. The summed E-state index contributed by atoms with van der Waals surface area (Å²) < 4.78 is 5.23. The Balaban J connectivity index is 2.52. The lowest BCUT2D eigenvalue weighted by Crippen LogP contribution is -2.04. The molecule has 5 heteroatoms. The average Bonchev–Trinajstić information content (AvgIpc) is 2.39. The summed E-state index contributed by atoms with van der Waals surface area (Å²) >= 11 is 0. The van der Waals surface area contributed by atoms with Crippen LogP contribution in [0.5, 0.6) is 5.75 Å². The van der Waals surface area contributed by atoms with Gasteiger partial charge in [-0.25, -0.2) is 4.98 Å². The van der Waals surface area contributed by atoms with Crippen molar-refractivity contribution in [1.82, 2.24) is 15.2 Å². The van der Waals surface area contributed by atoms with Crippen LogP contribution >= 0.6 is 0 Å². The molecular weight excluding hydrogens is 218 g/mol. The molecule has 0 fully saturated rings. The van der Waals surface area contributed by atoms with Crippen LogP contribution in [0.15, 0.2) is 30.5 Å². The molecule has 2 aromatic rings. The van der Waals surface area contributed by atoms with E-state index in [0.29, 0.717) is 11.4 Å².